The Labute approximate surface area is 132 Å². The van der Waals surface area contributed by atoms with Gasteiger partial charge >= 0.3 is 0 Å². The van der Waals surface area contributed by atoms with Gasteiger partial charge in [-0.1, -0.05) is 12.8 Å². The van der Waals surface area contributed by atoms with E-state index in [1.807, 2.05) is 4.90 Å². The molecule has 1 heterocycles. The Balaban J connectivity index is 1.67. The molecule has 2 N–H and O–H groups in total. The summed E-state index contributed by atoms with van der Waals surface area (Å²) in [6.07, 6.45) is 4.84. The first-order chi connectivity index (χ1) is 10.7. The maximum atomic E-state index is 12.4. The standard InChI is InChI=1S/C16H30F2N4/c1-2-19-16(20-9-3-4-13-5-6-13)21-14-7-10-22(11-8-14)12-15(17)18/h13-15H,2-12H2,1H3,(H2,19,20,21). The molecule has 22 heavy (non-hydrogen) atoms. The third-order valence-corrected chi connectivity index (χ3v) is 4.41. The number of hydrogen-bond donors (Lipinski definition) is 2. The molecule has 0 bridgehead atoms. The normalized spacial score (nSPS) is 21.4. The molecule has 0 atom stereocenters. The van der Waals surface area contributed by atoms with E-state index >= 15 is 0 Å². The molecular formula is C16H30F2N4. The van der Waals surface area contributed by atoms with Gasteiger partial charge in [0.2, 0.25) is 0 Å². The minimum absolute atomic E-state index is 0.0952. The van der Waals surface area contributed by atoms with Crippen molar-refractivity contribution in [2.24, 2.45) is 10.9 Å². The van der Waals surface area contributed by atoms with Gasteiger partial charge in [0.05, 0.1) is 6.54 Å². The number of nitrogens with one attached hydrogen (secondary N) is 2. The number of alkyl halides is 2. The van der Waals surface area contributed by atoms with Crippen LogP contribution in [-0.2, 0) is 0 Å². The third kappa shape index (κ3) is 6.90. The van der Waals surface area contributed by atoms with Gasteiger partial charge in [0.1, 0.15) is 0 Å². The van der Waals surface area contributed by atoms with Crippen molar-refractivity contribution in [1.82, 2.24) is 15.5 Å². The number of aliphatic imine (C=N–C) groups is 1. The number of guanidine groups is 1. The van der Waals surface area contributed by atoms with E-state index < -0.39 is 6.43 Å². The number of nitrogens with zero attached hydrogens (tertiary/aromatic N) is 2. The molecule has 0 unspecified atom stereocenters. The molecule has 2 fully saturated rings. The lowest BCUT2D eigenvalue weighted by Gasteiger charge is -2.32. The lowest BCUT2D eigenvalue weighted by molar-refractivity contribution is 0.0744. The minimum atomic E-state index is -2.23. The maximum absolute atomic E-state index is 12.4. The molecule has 0 spiro atoms. The Kier molecular flexibility index (Phi) is 7.36. The largest absolute Gasteiger partial charge is 0.357 e. The number of rotatable bonds is 8. The van der Waals surface area contributed by atoms with Gasteiger partial charge in [-0.2, -0.15) is 0 Å². The Bertz CT molecular complexity index is 337. The van der Waals surface area contributed by atoms with Gasteiger partial charge < -0.3 is 10.6 Å². The van der Waals surface area contributed by atoms with Crippen molar-refractivity contribution in [1.29, 1.82) is 0 Å². The molecule has 4 nitrogen and oxygen atoms in total. The van der Waals surface area contributed by atoms with Gasteiger partial charge in [-0.05, 0) is 38.5 Å². The van der Waals surface area contributed by atoms with E-state index in [0.717, 1.165) is 57.3 Å². The monoisotopic (exact) mass is 316 g/mol. The SMILES string of the molecule is CCNC(=NCCCC1CC1)NC1CCN(CC(F)F)CC1. The second kappa shape index (κ2) is 9.28. The molecule has 2 rings (SSSR count). The van der Waals surface area contributed by atoms with E-state index in [-0.39, 0.29) is 6.54 Å². The molecule has 128 valence electrons. The first-order valence-electron chi connectivity index (χ1n) is 8.72. The molecule has 1 saturated heterocycles. The zero-order valence-electron chi connectivity index (χ0n) is 13.7. The van der Waals surface area contributed by atoms with Crippen LogP contribution in [0.5, 0.6) is 0 Å². The second-order valence-corrected chi connectivity index (χ2v) is 6.46. The van der Waals surface area contributed by atoms with Gasteiger partial charge in [-0.15, -0.1) is 0 Å². The highest BCUT2D eigenvalue weighted by atomic mass is 19.3. The molecule has 0 aromatic heterocycles. The molecular weight excluding hydrogens is 286 g/mol. The summed E-state index contributed by atoms with van der Waals surface area (Å²) in [6, 6.07) is 0.343. The molecule has 1 aliphatic heterocycles. The Morgan fingerprint density at radius 3 is 2.55 bits per heavy atom. The molecule has 1 saturated carbocycles. The third-order valence-electron chi connectivity index (χ3n) is 4.41. The van der Waals surface area contributed by atoms with Crippen LogP contribution < -0.4 is 10.6 Å². The highest BCUT2D eigenvalue weighted by molar-refractivity contribution is 5.80. The van der Waals surface area contributed by atoms with Crippen LogP contribution in [0.3, 0.4) is 0 Å². The van der Waals surface area contributed by atoms with Gasteiger partial charge in [-0.25, -0.2) is 8.78 Å². The van der Waals surface area contributed by atoms with E-state index in [9.17, 15) is 8.78 Å². The van der Waals surface area contributed by atoms with Gasteiger partial charge in [0.15, 0.2) is 5.96 Å². The van der Waals surface area contributed by atoms with E-state index in [0.29, 0.717) is 6.04 Å². The number of likely N-dealkylation sites (tertiary alicyclic amines) is 1. The second-order valence-electron chi connectivity index (χ2n) is 6.46. The van der Waals surface area contributed by atoms with E-state index in [1.54, 1.807) is 0 Å². The van der Waals surface area contributed by atoms with Crippen molar-refractivity contribution in [3.8, 4) is 0 Å². The zero-order chi connectivity index (χ0) is 15.8. The van der Waals surface area contributed by atoms with Crippen molar-refractivity contribution in [2.75, 3.05) is 32.7 Å². The topological polar surface area (TPSA) is 39.7 Å². The quantitative estimate of drug-likeness (QED) is 0.410. The summed E-state index contributed by atoms with van der Waals surface area (Å²) in [7, 11) is 0. The molecule has 0 radical (unpaired) electrons. The van der Waals surface area contributed by atoms with Crippen molar-refractivity contribution in [2.45, 2.75) is 57.9 Å². The fourth-order valence-corrected chi connectivity index (χ4v) is 2.95. The van der Waals surface area contributed by atoms with Crippen molar-refractivity contribution < 1.29 is 8.78 Å². The summed E-state index contributed by atoms with van der Waals surface area (Å²) in [5.74, 6) is 1.84. The number of halogens is 2. The van der Waals surface area contributed by atoms with Crippen LogP contribution in [0.1, 0.15) is 45.4 Å². The van der Waals surface area contributed by atoms with Crippen LogP contribution in [0.15, 0.2) is 4.99 Å². The van der Waals surface area contributed by atoms with Crippen LogP contribution in [0.2, 0.25) is 0 Å². The Morgan fingerprint density at radius 2 is 1.95 bits per heavy atom. The Morgan fingerprint density at radius 1 is 1.23 bits per heavy atom. The van der Waals surface area contributed by atoms with E-state index in [4.69, 9.17) is 0 Å². The fourth-order valence-electron chi connectivity index (χ4n) is 2.95. The van der Waals surface area contributed by atoms with Crippen molar-refractivity contribution in [3.05, 3.63) is 0 Å². The van der Waals surface area contributed by atoms with Crippen LogP contribution in [0, 0.1) is 5.92 Å². The highest BCUT2D eigenvalue weighted by Gasteiger charge is 2.22. The summed E-state index contributed by atoms with van der Waals surface area (Å²) in [5, 5.41) is 6.74. The fraction of sp³-hybridized carbons (Fsp3) is 0.938. The molecule has 2 aliphatic rings. The summed E-state index contributed by atoms with van der Waals surface area (Å²) in [6.45, 7) is 5.16. The average Bonchev–Trinajstić information content (AvgIpc) is 3.29. The first-order valence-corrected chi connectivity index (χ1v) is 8.72. The molecule has 0 aromatic carbocycles. The van der Waals surface area contributed by atoms with Crippen LogP contribution in [0.4, 0.5) is 8.78 Å². The summed E-state index contributed by atoms with van der Waals surface area (Å²) in [5.41, 5.74) is 0. The zero-order valence-corrected chi connectivity index (χ0v) is 13.7. The van der Waals surface area contributed by atoms with Crippen LogP contribution in [-0.4, -0.2) is 56.1 Å². The first kappa shape index (κ1) is 17.4. The molecule has 1 aliphatic carbocycles. The lowest BCUT2D eigenvalue weighted by Crippen LogP contribution is -2.49. The van der Waals surface area contributed by atoms with Crippen LogP contribution in [0.25, 0.3) is 0 Å². The molecule has 6 heteroatoms. The molecule has 0 amide bonds. The summed E-state index contributed by atoms with van der Waals surface area (Å²) >= 11 is 0. The Hall–Kier alpha value is -0.910. The van der Waals surface area contributed by atoms with Crippen LogP contribution >= 0.6 is 0 Å². The maximum Gasteiger partial charge on any atom is 0.251 e. The van der Waals surface area contributed by atoms with Gasteiger partial charge in [0.25, 0.3) is 6.43 Å². The van der Waals surface area contributed by atoms with E-state index in [1.165, 1.54) is 19.3 Å². The summed E-state index contributed by atoms with van der Waals surface area (Å²) < 4.78 is 24.7. The van der Waals surface area contributed by atoms with Crippen molar-refractivity contribution >= 4 is 5.96 Å². The lowest BCUT2D eigenvalue weighted by atomic mass is 10.1. The molecule has 0 aromatic rings. The number of piperidine rings is 1. The minimum Gasteiger partial charge on any atom is -0.357 e. The number of hydrogen-bond acceptors (Lipinski definition) is 2. The smallest absolute Gasteiger partial charge is 0.251 e. The average molecular weight is 316 g/mol. The predicted octanol–water partition coefficient (Wildman–Crippen LogP) is 2.46. The van der Waals surface area contributed by atoms with Gasteiger partial charge in [0, 0.05) is 32.2 Å². The summed E-state index contributed by atoms with van der Waals surface area (Å²) in [4.78, 5) is 6.49. The predicted molar refractivity (Wildman–Crippen MR) is 86.5 cm³/mol. The van der Waals surface area contributed by atoms with E-state index in [2.05, 4.69) is 22.5 Å². The highest BCUT2D eigenvalue weighted by Crippen LogP contribution is 2.33. The van der Waals surface area contributed by atoms with Crippen molar-refractivity contribution in [3.63, 3.8) is 0 Å². The van der Waals surface area contributed by atoms with Gasteiger partial charge in [-0.3, -0.25) is 9.89 Å².